The number of hydrogen-bond donors (Lipinski definition) is 2. The van der Waals surface area contributed by atoms with Crippen LogP contribution >= 0.6 is 11.8 Å². The number of benzene rings is 1. The highest BCUT2D eigenvalue weighted by molar-refractivity contribution is 8.00. The highest BCUT2D eigenvalue weighted by atomic mass is 32.2. The molecule has 23 heavy (non-hydrogen) atoms. The summed E-state index contributed by atoms with van der Waals surface area (Å²) in [6.45, 7) is 0. The smallest absolute Gasteiger partial charge is 0.398 e. The molecular weight excluding hydrogens is 323 g/mol. The molecular formula is C16H14F3N3S. The van der Waals surface area contributed by atoms with E-state index in [0.29, 0.717) is 10.6 Å². The van der Waals surface area contributed by atoms with E-state index in [1.54, 1.807) is 30.3 Å². The zero-order valence-electron chi connectivity index (χ0n) is 11.9. The van der Waals surface area contributed by atoms with Crippen molar-refractivity contribution in [1.29, 1.82) is 5.26 Å². The van der Waals surface area contributed by atoms with Crippen LogP contribution in [0.5, 0.6) is 0 Å². The number of allylic oxidation sites excluding steroid dienone is 4. The van der Waals surface area contributed by atoms with Crippen LogP contribution in [0, 0.1) is 17.2 Å². The number of anilines is 1. The summed E-state index contributed by atoms with van der Waals surface area (Å²) in [4.78, 5) is -1.13. The molecule has 120 valence electrons. The maximum atomic E-state index is 13.6. The molecule has 2 rings (SSSR count). The Morgan fingerprint density at radius 3 is 2.48 bits per heavy atom. The van der Waals surface area contributed by atoms with Gasteiger partial charge in [-0.1, -0.05) is 30.0 Å². The van der Waals surface area contributed by atoms with Crippen LogP contribution in [0.25, 0.3) is 0 Å². The average molecular weight is 337 g/mol. The summed E-state index contributed by atoms with van der Waals surface area (Å²) >= 11 is 0.906. The van der Waals surface area contributed by atoms with Crippen LogP contribution in [-0.4, -0.2) is 11.0 Å². The third-order valence-corrected chi connectivity index (χ3v) is 4.52. The van der Waals surface area contributed by atoms with E-state index in [0.717, 1.165) is 23.9 Å². The average Bonchev–Trinajstić information content (AvgIpc) is 2.46. The molecule has 0 aromatic heterocycles. The minimum absolute atomic E-state index is 0.0491. The molecule has 4 N–H and O–H groups in total. The van der Waals surface area contributed by atoms with Gasteiger partial charge in [-0.2, -0.15) is 18.4 Å². The lowest BCUT2D eigenvalue weighted by molar-refractivity contribution is -0.168. The molecule has 2 atom stereocenters. The Morgan fingerprint density at radius 1 is 1.26 bits per heavy atom. The number of alkyl halides is 3. The molecule has 0 aliphatic heterocycles. The van der Waals surface area contributed by atoms with Gasteiger partial charge in [0.25, 0.3) is 0 Å². The Bertz CT molecular complexity index is 699. The van der Waals surface area contributed by atoms with Gasteiger partial charge >= 0.3 is 6.18 Å². The third-order valence-electron chi connectivity index (χ3n) is 3.28. The summed E-state index contributed by atoms with van der Waals surface area (Å²) < 4.78 is 40.7. The molecule has 0 saturated heterocycles. The lowest BCUT2D eigenvalue weighted by atomic mass is 9.86. The quantitative estimate of drug-likeness (QED) is 0.500. The van der Waals surface area contributed by atoms with Crippen LogP contribution in [0.1, 0.15) is 0 Å². The predicted molar refractivity (Wildman–Crippen MR) is 85.2 cm³/mol. The zero-order chi connectivity index (χ0) is 17.1. The second-order valence-corrected chi connectivity index (χ2v) is 6.37. The topological polar surface area (TPSA) is 75.8 Å². The van der Waals surface area contributed by atoms with E-state index in [1.807, 2.05) is 0 Å². The van der Waals surface area contributed by atoms with Crippen LogP contribution < -0.4 is 11.5 Å². The minimum atomic E-state index is -4.55. The number of nitrogens with two attached hydrogens (primary N) is 2. The Morgan fingerprint density at radius 2 is 1.91 bits per heavy atom. The van der Waals surface area contributed by atoms with Crippen molar-refractivity contribution in [2.75, 3.05) is 5.73 Å². The van der Waals surface area contributed by atoms with Crippen LogP contribution in [0.3, 0.4) is 0 Å². The van der Waals surface area contributed by atoms with Gasteiger partial charge in [-0.05, 0) is 35.9 Å². The molecule has 0 heterocycles. The number of nitrogen functional groups attached to an aromatic ring is 1. The molecule has 0 bridgehead atoms. The normalized spacial score (nSPS) is 24.5. The molecule has 0 radical (unpaired) electrons. The lowest BCUT2D eigenvalue weighted by Gasteiger charge is -2.38. The number of thioether (sulfide) groups is 1. The molecule has 0 spiro atoms. The van der Waals surface area contributed by atoms with E-state index in [2.05, 4.69) is 0 Å². The number of rotatable bonds is 3. The monoisotopic (exact) mass is 337 g/mol. The van der Waals surface area contributed by atoms with E-state index >= 15 is 0 Å². The van der Waals surface area contributed by atoms with Gasteiger partial charge in [0.15, 0.2) is 0 Å². The molecule has 1 aliphatic carbocycles. The first-order valence-electron chi connectivity index (χ1n) is 6.62. The van der Waals surface area contributed by atoms with Crippen molar-refractivity contribution in [2.45, 2.75) is 15.9 Å². The SMILES string of the molecule is N#C/C=C\C1=CC=CC(N)(Sc2ccc(N)cc2)C1C(F)(F)F. The molecule has 1 aromatic rings. The lowest BCUT2D eigenvalue weighted by Crippen LogP contribution is -2.50. The summed E-state index contributed by atoms with van der Waals surface area (Å²) in [6.07, 6.45) is 1.73. The predicted octanol–water partition coefficient (Wildman–Crippen LogP) is 3.77. The molecule has 7 heteroatoms. The molecule has 0 saturated carbocycles. The largest absolute Gasteiger partial charge is 0.399 e. The van der Waals surface area contributed by atoms with Gasteiger partial charge in [0, 0.05) is 16.7 Å². The molecule has 2 unspecified atom stereocenters. The van der Waals surface area contributed by atoms with Gasteiger partial charge in [-0.25, -0.2) is 0 Å². The maximum Gasteiger partial charge on any atom is 0.398 e. The fraction of sp³-hybridized carbons (Fsp3) is 0.188. The first-order valence-corrected chi connectivity index (χ1v) is 7.43. The summed E-state index contributed by atoms with van der Waals surface area (Å²) in [6, 6.07) is 8.15. The summed E-state index contributed by atoms with van der Waals surface area (Å²) in [5.74, 6) is -1.92. The maximum absolute atomic E-state index is 13.6. The van der Waals surface area contributed by atoms with E-state index in [1.165, 1.54) is 18.2 Å². The highest BCUT2D eigenvalue weighted by Crippen LogP contribution is 2.48. The number of nitriles is 1. The summed E-state index contributed by atoms with van der Waals surface area (Å²) in [5, 5.41) is 8.57. The van der Waals surface area contributed by atoms with Crippen molar-refractivity contribution in [3.8, 4) is 6.07 Å². The number of hydrogen-bond acceptors (Lipinski definition) is 4. The highest BCUT2D eigenvalue weighted by Gasteiger charge is 2.53. The summed E-state index contributed by atoms with van der Waals surface area (Å²) in [7, 11) is 0. The van der Waals surface area contributed by atoms with Crippen LogP contribution in [-0.2, 0) is 0 Å². The Kier molecular flexibility index (Phi) is 4.88. The Hall–Kier alpha value is -2.17. The molecule has 3 nitrogen and oxygen atoms in total. The first kappa shape index (κ1) is 17.2. The molecule has 1 aromatic carbocycles. The van der Waals surface area contributed by atoms with E-state index in [9.17, 15) is 13.2 Å². The Balaban J connectivity index is 2.40. The fourth-order valence-electron chi connectivity index (χ4n) is 2.33. The van der Waals surface area contributed by atoms with Crippen LogP contribution in [0.4, 0.5) is 18.9 Å². The van der Waals surface area contributed by atoms with Gasteiger partial charge in [-0.3, -0.25) is 0 Å². The van der Waals surface area contributed by atoms with Crippen molar-refractivity contribution in [3.05, 3.63) is 60.2 Å². The van der Waals surface area contributed by atoms with E-state index in [4.69, 9.17) is 16.7 Å². The molecule has 1 aliphatic rings. The second-order valence-electron chi connectivity index (χ2n) is 4.99. The van der Waals surface area contributed by atoms with E-state index in [-0.39, 0.29) is 5.57 Å². The molecule has 0 amide bonds. The fourth-order valence-corrected chi connectivity index (χ4v) is 3.54. The minimum Gasteiger partial charge on any atom is -0.399 e. The van der Waals surface area contributed by atoms with Crippen molar-refractivity contribution in [3.63, 3.8) is 0 Å². The number of halogens is 3. The van der Waals surface area contributed by atoms with Crippen molar-refractivity contribution in [1.82, 2.24) is 0 Å². The van der Waals surface area contributed by atoms with Crippen molar-refractivity contribution >= 4 is 17.4 Å². The van der Waals surface area contributed by atoms with Gasteiger partial charge in [0.1, 0.15) is 10.8 Å². The Labute approximate surface area is 136 Å². The third kappa shape index (κ3) is 3.97. The second kappa shape index (κ2) is 6.52. The van der Waals surface area contributed by atoms with Crippen LogP contribution in [0.15, 0.2) is 65.1 Å². The van der Waals surface area contributed by atoms with Gasteiger partial charge in [0.05, 0.1) is 6.07 Å². The number of nitrogens with zero attached hydrogens (tertiary/aromatic N) is 1. The van der Waals surface area contributed by atoms with Crippen molar-refractivity contribution < 1.29 is 13.2 Å². The zero-order valence-corrected chi connectivity index (χ0v) is 12.7. The van der Waals surface area contributed by atoms with Gasteiger partial charge < -0.3 is 11.5 Å². The molecule has 0 fully saturated rings. The van der Waals surface area contributed by atoms with Gasteiger partial charge in [-0.15, -0.1) is 0 Å². The van der Waals surface area contributed by atoms with E-state index < -0.39 is 17.0 Å². The standard InChI is InChI=1S/C16H14F3N3S/c17-16(18,19)14-11(4-2-10-20)3-1-9-15(14,22)23-13-7-5-12(21)6-8-13/h1-9,14H,21-22H2/b4-2-. The van der Waals surface area contributed by atoms with Crippen molar-refractivity contribution in [2.24, 2.45) is 11.7 Å². The van der Waals surface area contributed by atoms with Crippen LogP contribution in [0.2, 0.25) is 0 Å². The summed E-state index contributed by atoms with van der Waals surface area (Å²) in [5.41, 5.74) is 12.1. The van der Waals surface area contributed by atoms with Gasteiger partial charge in [0.2, 0.25) is 0 Å². The first-order chi connectivity index (χ1) is 10.8.